The topological polar surface area (TPSA) is 20.2 Å². The van der Waals surface area contributed by atoms with Gasteiger partial charge in [-0.1, -0.05) is 151 Å². The average molecular weight is 1290 g/mol. The largest absolute Gasteiger partial charge is 1.00 e. The number of rotatable bonds is 9. The van der Waals surface area contributed by atoms with Gasteiger partial charge in [0.1, 0.15) is 0 Å². The summed E-state index contributed by atoms with van der Waals surface area (Å²) in [6.45, 7) is 0. The van der Waals surface area contributed by atoms with E-state index in [1.54, 1.807) is 250 Å². The van der Waals surface area contributed by atoms with Gasteiger partial charge in [-0.25, -0.2) is 0 Å². The Balaban J connectivity index is 0.000000455. The second-order valence-corrected chi connectivity index (χ2v) is 31.8. The number of aliphatic hydroxyl groups is 1. The van der Waals surface area contributed by atoms with E-state index in [1.807, 2.05) is 0 Å². The molecule has 0 aliphatic heterocycles. The Hall–Kier alpha value is 4.53. The first kappa shape index (κ1) is 67.5. The molecule has 9 aliphatic carbocycles. The maximum atomic E-state index is 7.00. The molecule has 388 valence electrons. The van der Waals surface area contributed by atoms with Gasteiger partial charge in [-0.2, -0.15) is 0 Å². The van der Waals surface area contributed by atoms with Crippen LogP contribution in [0.25, 0.3) is 0 Å². The molecule has 9 rings (SSSR count). The normalized spacial score (nSPS) is 25.5. The molecule has 1 N–H and O–H groups in total. The molecule has 0 heterocycles. The van der Waals surface area contributed by atoms with Gasteiger partial charge in [-0.3, -0.25) is 0 Å². The number of aliphatic hydroxyl groups excluding tert-OH is 1. The van der Waals surface area contributed by atoms with Crippen LogP contribution in [0.5, 0.6) is 0 Å². The van der Waals surface area contributed by atoms with Gasteiger partial charge in [0.2, 0.25) is 0 Å². The smallest absolute Gasteiger partial charge is 0.358 e. The molecule has 9 fully saturated rings. The molecule has 0 bridgehead atoms. The van der Waals surface area contributed by atoms with Crippen molar-refractivity contribution in [3.8, 4) is 0 Å². The minimum atomic E-state index is -0.0465. The van der Waals surface area contributed by atoms with Crippen molar-refractivity contribution in [3.05, 3.63) is 7.43 Å². The summed E-state index contributed by atoms with van der Waals surface area (Å²) in [5.74, 6) is 0. The van der Waals surface area contributed by atoms with Gasteiger partial charge in [-0.05, 0) is 188 Å². The Morgan fingerprint density at radius 2 is 0.431 bits per heavy atom. The van der Waals surface area contributed by atoms with Crippen LogP contribution in [0, 0.1) is 7.43 Å². The minimum absolute atomic E-state index is 0. The van der Waals surface area contributed by atoms with Crippen LogP contribution in [0.2, 0.25) is 0 Å². The molecule has 0 atom stereocenters. The molecular formula is C56H108Br2NaOP3Pd2. The van der Waals surface area contributed by atoms with E-state index >= 15 is 0 Å². The van der Waals surface area contributed by atoms with Crippen molar-refractivity contribution < 1.29 is 89.3 Å². The molecule has 0 unspecified atom stereocenters. The van der Waals surface area contributed by atoms with Gasteiger partial charge in [0, 0.05) is 35.5 Å². The summed E-state index contributed by atoms with van der Waals surface area (Å²) in [6, 6.07) is 0. The fraction of sp³-hybridized carbons (Fsp3) is 0.982. The average Bonchev–Trinajstić information content (AvgIpc) is 3.37. The minimum Gasteiger partial charge on any atom is -0.358 e. The molecule has 9 aliphatic rings. The zero-order valence-corrected chi connectivity index (χ0v) is 54.4. The van der Waals surface area contributed by atoms with E-state index in [0.29, 0.717) is 15.8 Å². The van der Waals surface area contributed by atoms with E-state index in [2.05, 4.69) is 30.6 Å². The molecule has 0 aromatic rings. The second kappa shape index (κ2) is 42.7. The predicted molar refractivity (Wildman–Crippen MR) is 289 cm³/mol. The molecule has 9 heteroatoms. The summed E-state index contributed by atoms with van der Waals surface area (Å²) in [6.07, 6.45) is 71.0. The first-order valence-electron chi connectivity index (χ1n) is 28.3. The van der Waals surface area contributed by atoms with Gasteiger partial charge in [0.15, 0.2) is 0 Å². The van der Waals surface area contributed by atoms with Crippen molar-refractivity contribution in [2.24, 2.45) is 0 Å². The second-order valence-electron chi connectivity index (χ2n) is 22.2. The van der Waals surface area contributed by atoms with E-state index in [1.165, 1.54) is 89.5 Å². The molecule has 0 spiro atoms. The Kier molecular flexibility index (Phi) is 44.4. The van der Waals surface area contributed by atoms with Gasteiger partial charge in [0.25, 0.3) is 0 Å². The van der Waals surface area contributed by atoms with Crippen LogP contribution in [0.3, 0.4) is 0 Å². The van der Waals surface area contributed by atoms with Crippen molar-refractivity contribution in [1.82, 2.24) is 0 Å². The summed E-state index contributed by atoms with van der Waals surface area (Å²) < 4.78 is 0. The van der Waals surface area contributed by atoms with Crippen LogP contribution < -0.4 is 46.5 Å². The molecule has 0 aromatic carbocycles. The van der Waals surface area contributed by atoms with E-state index in [9.17, 15) is 0 Å². The zero-order chi connectivity index (χ0) is 42.7. The SMILES string of the molecule is C1CCC(P(C2CCCCC2)C2CCCCC2)CC1.C1CCC(P(C2CCCCC2)C2CCCCC2)CC1.C1CCC([PH+](C2CCCCC2)C2CCCCC2)CC1.CO.[Br-].[Br][PdH].[CH3-].[Na+].[Pd]. The summed E-state index contributed by atoms with van der Waals surface area (Å²) >= 11 is 5.19. The van der Waals surface area contributed by atoms with Crippen molar-refractivity contribution in [3.63, 3.8) is 0 Å². The first-order chi connectivity index (χ1) is 30.3. The third-order valence-electron chi connectivity index (χ3n) is 18.2. The van der Waals surface area contributed by atoms with Gasteiger partial charge in [0.05, 0.1) is 17.0 Å². The van der Waals surface area contributed by atoms with Gasteiger partial charge in [-0.15, -0.1) is 0 Å². The predicted octanol–water partition coefficient (Wildman–Crippen LogP) is 13.8. The van der Waals surface area contributed by atoms with Crippen LogP contribution in [0.15, 0.2) is 0 Å². The molecule has 65 heavy (non-hydrogen) atoms. The van der Waals surface area contributed by atoms with Crippen molar-refractivity contribution in [1.29, 1.82) is 0 Å². The fourth-order valence-corrected chi connectivity index (χ4v) is 29.9. The molecular weight excluding hydrogens is 1180 g/mol. The Bertz CT molecular complexity index is 774. The van der Waals surface area contributed by atoms with Gasteiger partial charge < -0.3 is 29.5 Å². The van der Waals surface area contributed by atoms with E-state index in [0.717, 1.165) is 7.11 Å². The Labute approximate surface area is 475 Å². The molecule has 0 amide bonds. The van der Waals surface area contributed by atoms with Crippen molar-refractivity contribution >= 4 is 37.2 Å². The monoisotopic (exact) mass is 1280 g/mol. The molecule has 1 nitrogen and oxygen atoms in total. The zero-order valence-electron chi connectivity index (χ0n) is 43.3. The quantitative estimate of drug-likeness (QED) is 0.139. The first-order valence-corrected chi connectivity index (χ1v) is 36.9. The number of hydrogen-bond donors (Lipinski definition) is 1. The number of halogens is 2. The van der Waals surface area contributed by atoms with Gasteiger partial charge >= 0.3 is 60.2 Å². The summed E-state index contributed by atoms with van der Waals surface area (Å²) in [4.78, 5) is 0. The van der Waals surface area contributed by atoms with Crippen LogP contribution in [-0.4, -0.2) is 63.1 Å². The van der Waals surface area contributed by atoms with Crippen LogP contribution in [0.4, 0.5) is 0 Å². The van der Waals surface area contributed by atoms with E-state index in [4.69, 9.17) is 5.11 Å². The van der Waals surface area contributed by atoms with E-state index in [-0.39, 0.29) is 82.3 Å². The maximum Gasteiger partial charge on any atom is 1.00 e. The fourth-order valence-electron chi connectivity index (χ4n) is 15.4. The van der Waals surface area contributed by atoms with Crippen LogP contribution in [-0.2, 0) is 37.6 Å². The van der Waals surface area contributed by atoms with Crippen molar-refractivity contribution in [2.75, 3.05) is 7.11 Å². The summed E-state index contributed by atoms with van der Waals surface area (Å²) in [5, 5.41) is 7.00. The Morgan fingerprint density at radius 3 is 0.569 bits per heavy atom. The number of hydrogen-bond acceptors (Lipinski definition) is 1. The van der Waals surface area contributed by atoms with Crippen LogP contribution in [0.1, 0.15) is 289 Å². The van der Waals surface area contributed by atoms with E-state index < -0.39 is 0 Å². The maximum absolute atomic E-state index is 7.00. The third kappa shape index (κ3) is 24.0. The van der Waals surface area contributed by atoms with Crippen LogP contribution >= 0.6 is 37.2 Å². The Morgan fingerprint density at radius 1 is 0.308 bits per heavy atom. The molecule has 0 aromatic heterocycles. The molecule has 0 saturated heterocycles. The summed E-state index contributed by atoms with van der Waals surface area (Å²) in [5.41, 5.74) is 10.8. The summed E-state index contributed by atoms with van der Waals surface area (Å²) in [7, 11) is 1.72. The molecule has 9 saturated carbocycles. The van der Waals surface area contributed by atoms with Crippen molar-refractivity contribution in [2.45, 2.75) is 340 Å². The third-order valence-corrected chi connectivity index (χ3v) is 30.9. The molecule has 0 radical (unpaired) electrons. The standard InChI is InChI=1S/3C18H33P.CH4O.CH3.2BrH.Na.2Pd.H/c3*1-4-10-16(11-5-1)19(17-12-6-2-7-13-17)18-14-8-3-9-15-18;1-2;;;;;;;/h3*16-18H,1-15H2;2H,1H3;1H3;2*1H;;;;/q;;;;-1;;;+1;;+1;/p-1.